The van der Waals surface area contributed by atoms with Crippen molar-refractivity contribution in [3.63, 3.8) is 0 Å². The molecule has 0 radical (unpaired) electrons. The highest BCUT2D eigenvalue weighted by atomic mass is 32.1. The first kappa shape index (κ1) is 12.8. The van der Waals surface area contributed by atoms with E-state index in [0.29, 0.717) is 16.0 Å². The summed E-state index contributed by atoms with van der Waals surface area (Å²) in [6.07, 6.45) is 0.973. The first-order valence-corrected chi connectivity index (χ1v) is 7.14. The van der Waals surface area contributed by atoms with Gasteiger partial charge in [-0.15, -0.1) is 11.3 Å². The van der Waals surface area contributed by atoms with Gasteiger partial charge in [0.25, 0.3) is 0 Å². The fourth-order valence-electron chi connectivity index (χ4n) is 2.74. The van der Waals surface area contributed by atoms with Crippen LogP contribution in [0.3, 0.4) is 0 Å². The summed E-state index contributed by atoms with van der Waals surface area (Å²) in [5.74, 6) is 0.788. The molecule has 1 heterocycles. The number of nitrogens with one attached hydrogen (secondary N) is 1. The van der Waals surface area contributed by atoms with Gasteiger partial charge in [0.05, 0.1) is 5.69 Å². The highest BCUT2D eigenvalue weighted by Crippen LogP contribution is 2.67. The number of nitrogen functional groups attached to an aromatic ring is 1. The summed E-state index contributed by atoms with van der Waals surface area (Å²) < 4.78 is 0. The third kappa shape index (κ3) is 2.33. The molecule has 0 atom stereocenters. The van der Waals surface area contributed by atoms with Gasteiger partial charge in [0.15, 0.2) is 5.13 Å². The lowest BCUT2D eigenvalue weighted by atomic mass is 10.0. The third-order valence-electron chi connectivity index (χ3n) is 4.80. The number of aromatic nitrogens is 1. The largest absolute Gasteiger partial charge is 0.375 e. The minimum atomic E-state index is 0.477. The van der Waals surface area contributed by atoms with E-state index in [1.54, 1.807) is 0 Å². The lowest BCUT2D eigenvalue weighted by Crippen LogP contribution is -2.22. The van der Waals surface area contributed by atoms with Crippen LogP contribution in [0.4, 0.5) is 5.13 Å². The van der Waals surface area contributed by atoms with Crippen LogP contribution in [0.2, 0.25) is 0 Å². The van der Waals surface area contributed by atoms with Crippen LogP contribution in [-0.2, 0) is 6.42 Å². The third-order valence-corrected chi connectivity index (χ3v) is 5.52. The standard InChI is InChI=1S/C13H23N3S/c1-12(2)10(13(12,3)4)7-15-6-5-9-8-17-11(14)16-9/h8,10,15H,5-7H2,1-4H3,(H2,14,16). The van der Waals surface area contributed by atoms with E-state index in [2.05, 4.69) is 38.0 Å². The molecule has 2 rings (SSSR count). The van der Waals surface area contributed by atoms with E-state index in [1.165, 1.54) is 11.3 Å². The average Bonchev–Trinajstić information content (AvgIpc) is 2.56. The minimum absolute atomic E-state index is 0.477. The number of hydrogen-bond donors (Lipinski definition) is 2. The van der Waals surface area contributed by atoms with Crippen molar-refractivity contribution in [1.29, 1.82) is 0 Å². The predicted molar refractivity (Wildman–Crippen MR) is 74.2 cm³/mol. The summed E-state index contributed by atoms with van der Waals surface area (Å²) in [6, 6.07) is 0. The zero-order valence-electron chi connectivity index (χ0n) is 11.2. The number of thiazole rings is 1. The van der Waals surface area contributed by atoms with Gasteiger partial charge in [-0.2, -0.15) is 0 Å². The van der Waals surface area contributed by atoms with E-state index in [-0.39, 0.29) is 0 Å². The Morgan fingerprint density at radius 2 is 2.00 bits per heavy atom. The van der Waals surface area contributed by atoms with Crippen LogP contribution in [0.5, 0.6) is 0 Å². The second kappa shape index (κ2) is 4.25. The van der Waals surface area contributed by atoms with Crippen LogP contribution in [0.1, 0.15) is 33.4 Å². The molecule has 96 valence electrons. The molecule has 0 aromatic carbocycles. The number of rotatable bonds is 5. The summed E-state index contributed by atoms with van der Waals surface area (Å²) in [5, 5.41) is 6.25. The van der Waals surface area contributed by atoms with Crippen molar-refractivity contribution in [3.05, 3.63) is 11.1 Å². The van der Waals surface area contributed by atoms with Gasteiger partial charge >= 0.3 is 0 Å². The maximum absolute atomic E-state index is 5.60. The Morgan fingerprint density at radius 3 is 2.47 bits per heavy atom. The summed E-state index contributed by atoms with van der Waals surface area (Å²) >= 11 is 1.52. The van der Waals surface area contributed by atoms with Gasteiger partial charge in [-0.3, -0.25) is 0 Å². The molecule has 0 aliphatic heterocycles. The fourth-order valence-corrected chi connectivity index (χ4v) is 3.34. The van der Waals surface area contributed by atoms with E-state index in [9.17, 15) is 0 Å². The smallest absolute Gasteiger partial charge is 0.180 e. The normalized spacial score (nSPS) is 21.6. The second-order valence-electron chi connectivity index (χ2n) is 6.13. The summed E-state index contributed by atoms with van der Waals surface area (Å²) in [5.41, 5.74) is 7.66. The molecule has 1 aliphatic rings. The van der Waals surface area contributed by atoms with Crippen molar-refractivity contribution in [3.8, 4) is 0 Å². The maximum Gasteiger partial charge on any atom is 0.180 e. The van der Waals surface area contributed by atoms with Gasteiger partial charge in [0.2, 0.25) is 0 Å². The Balaban J connectivity index is 1.68. The van der Waals surface area contributed by atoms with Crippen LogP contribution in [0.25, 0.3) is 0 Å². The molecule has 3 nitrogen and oxygen atoms in total. The van der Waals surface area contributed by atoms with Gasteiger partial charge in [-0.1, -0.05) is 27.7 Å². The zero-order chi connectivity index (χ0) is 12.7. The van der Waals surface area contributed by atoms with Crippen molar-refractivity contribution in [2.45, 2.75) is 34.1 Å². The Labute approximate surface area is 108 Å². The van der Waals surface area contributed by atoms with Gasteiger partial charge in [0, 0.05) is 18.3 Å². The summed E-state index contributed by atoms with van der Waals surface area (Å²) in [4.78, 5) is 4.26. The number of nitrogens with zero attached hydrogens (tertiary/aromatic N) is 1. The highest BCUT2D eigenvalue weighted by Gasteiger charge is 2.63. The predicted octanol–water partition coefficient (Wildman–Crippen LogP) is 2.54. The van der Waals surface area contributed by atoms with Crippen LogP contribution in [-0.4, -0.2) is 18.1 Å². The van der Waals surface area contributed by atoms with Gasteiger partial charge < -0.3 is 11.1 Å². The Bertz CT molecular complexity index is 381. The molecule has 1 fully saturated rings. The molecular weight excluding hydrogens is 230 g/mol. The molecule has 1 saturated carbocycles. The lowest BCUT2D eigenvalue weighted by Gasteiger charge is -2.04. The second-order valence-corrected chi connectivity index (χ2v) is 7.02. The number of anilines is 1. The molecule has 0 bridgehead atoms. The van der Waals surface area contributed by atoms with E-state index in [0.717, 1.165) is 31.1 Å². The molecule has 1 aliphatic carbocycles. The monoisotopic (exact) mass is 253 g/mol. The molecule has 17 heavy (non-hydrogen) atoms. The maximum atomic E-state index is 5.60. The molecule has 4 heteroatoms. The van der Waals surface area contributed by atoms with Crippen molar-refractivity contribution < 1.29 is 0 Å². The van der Waals surface area contributed by atoms with Crippen molar-refractivity contribution >= 4 is 16.5 Å². The first-order valence-electron chi connectivity index (χ1n) is 6.26. The van der Waals surface area contributed by atoms with Gasteiger partial charge in [0.1, 0.15) is 0 Å². The van der Waals surface area contributed by atoms with E-state index in [1.807, 2.05) is 5.38 Å². The van der Waals surface area contributed by atoms with Crippen LogP contribution in [0, 0.1) is 16.7 Å². The van der Waals surface area contributed by atoms with Crippen molar-refractivity contribution in [1.82, 2.24) is 10.3 Å². The van der Waals surface area contributed by atoms with E-state index < -0.39 is 0 Å². The molecule has 0 saturated heterocycles. The highest BCUT2D eigenvalue weighted by molar-refractivity contribution is 7.13. The Morgan fingerprint density at radius 1 is 1.35 bits per heavy atom. The fraction of sp³-hybridized carbons (Fsp3) is 0.769. The average molecular weight is 253 g/mol. The van der Waals surface area contributed by atoms with E-state index in [4.69, 9.17) is 5.73 Å². The molecule has 1 aromatic rings. The van der Waals surface area contributed by atoms with Crippen LogP contribution < -0.4 is 11.1 Å². The number of hydrogen-bond acceptors (Lipinski definition) is 4. The van der Waals surface area contributed by atoms with Crippen LogP contribution >= 0.6 is 11.3 Å². The number of nitrogens with two attached hydrogens (primary N) is 1. The quantitative estimate of drug-likeness (QED) is 0.793. The molecular formula is C13H23N3S. The zero-order valence-corrected chi connectivity index (χ0v) is 12.0. The molecule has 0 amide bonds. The SMILES string of the molecule is CC1(C)C(CNCCc2csc(N)n2)C1(C)C. The first-order chi connectivity index (χ1) is 7.85. The molecule has 3 N–H and O–H groups in total. The minimum Gasteiger partial charge on any atom is -0.375 e. The van der Waals surface area contributed by atoms with E-state index >= 15 is 0 Å². The lowest BCUT2D eigenvalue weighted by molar-refractivity contribution is 0.457. The summed E-state index contributed by atoms with van der Waals surface area (Å²) in [6.45, 7) is 11.5. The summed E-state index contributed by atoms with van der Waals surface area (Å²) in [7, 11) is 0. The van der Waals surface area contributed by atoms with Gasteiger partial charge in [-0.25, -0.2) is 4.98 Å². The van der Waals surface area contributed by atoms with Crippen molar-refractivity contribution in [2.75, 3.05) is 18.8 Å². The molecule has 1 aromatic heterocycles. The van der Waals surface area contributed by atoms with Crippen molar-refractivity contribution in [2.24, 2.45) is 16.7 Å². The van der Waals surface area contributed by atoms with Crippen LogP contribution in [0.15, 0.2) is 5.38 Å². The Kier molecular flexibility index (Phi) is 3.21. The molecule has 0 spiro atoms. The molecule has 0 unspecified atom stereocenters. The topological polar surface area (TPSA) is 50.9 Å². The Hall–Kier alpha value is -0.610. The van der Waals surface area contributed by atoms with Gasteiger partial charge in [-0.05, 0) is 23.3 Å².